The van der Waals surface area contributed by atoms with Crippen LogP contribution in [-0.4, -0.2) is 4.99 Å². The summed E-state index contributed by atoms with van der Waals surface area (Å²) in [7, 11) is 0. The molecule has 0 radical (unpaired) electrons. The Hall–Kier alpha value is -1.94. The van der Waals surface area contributed by atoms with Crippen molar-refractivity contribution in [2.75, 3.05) is 5.32 Å². The van der Waals surface area contributed by atoms with Crippen LogP contribution in [0, 0.1) is 5.82 Å². The highest BCUT2D eigenvalue weighted by atomic mass is 32.1. The van der Waals surface area contributed by atoms with E-state index in [1.54, 1.807) is 12.1 Å². The Kier molecular flexibility index (Phi) is 4.91. The van der Waals surface area contributed by atoms with E-state index in [-0.39, 0.29) is 10.6 Å². The van der Waals surface area contributed by atoms with Crippen molar-refractivity contribution >= 4 is 22.9 Å². The van der Waals surface area contributed by atoms with E-state index >= 15 is 0 Å². The van der Waals surface area contributed by atoms with Gasteiger partial charge < -0.3 is 11.1 Å². The first-order valence-corrected chi connectivity index (χ1v) is 7.31. The molecule has 2 nitrogen and oxygen atoms in total. The molecule has 2 rings (SSSR count). The Labute approximate surface area is 130 Å². The zero-order valence-corrected chi connectivity index (χ0v) is 13.0. The van der Waals surface area contributed by atoms with Crippen LogP contribution in [0.25, 0.3) is 0 Å². The molecule has 0 saturated heterocycles. The van der Waals surface area contributed by atoms with Gasteiger partial charge in [0.2, 0.25) is 0 Å². The van der Waals surface area contributed by atoms with Crippen LogP contribution in [-0.2, 0) is 6.54 Å². The molecule has 110 valence electrons. The summed E-state index contributed by atoms with van der Waals surface area (Å²) in [6.07, 6.45) is 0. The minimum absolute atomic E-state index is 0.0609. The van der Waals surface area contributed by atoms with Gasteiger partial charge in [-0.2, -0.15) is 0 Å². The number of hydrogen-bond donors (Lipinski definition) is 2. The zero-order valence-electron chi connectivity index (χ0n) is 12.2. The number of halogens is 1. The molecule has 0 fully saturated rings. The molecule has 0 unspecified atom stereocenters. The van der Waals surface area contributed by atoms with Crippen molar-refractivity contribution in [2.45, 2.75) is 26.3 Å². The molecule has 0 spiro atoms. The molecule has 0 aliphatic carbocycles. The van der Waals surface area contributed by atoms with Gasteiger partial charge in [-0.1, -0.05) is 56.4 Å². The van der Waals surface area contributed by atoms with Gasteiger partial charge in [0.1, 0.15) is 10.8 Å². The summed E-state index contributed by atoms with van der Waals surface area (Å²) >= 11 is 4.91. The summed E-state index contributed by atoms with van der Waals surface area (Å²) in [4.78, 5) is 0.0609. The van der Waals surface area contributed by atoms with Gasteiger partial charge in [0.25, 0.3) is 0 Å². The predicted molar refractivity (Wildman–Crippen MR) is 90.1 cm³/mol. The fraction of sp³-hybridized carbons (Fsp3) is 0.235. The Balaban J connectivity index is 2.13. The lowest BCUT2D eigenvalue weighted by atomic mass is 10.0. The summed E-state index contributed by atoms with van der Waals surface area (Å²) in [6, 6.07) is 13.1. The lowest BCUT2D eigenvalue weighted by Gasteiger charge is -2.12. The normalized spacial score (nSPS) is 10.7. The van der Waals surface area contributed by atoms with E-state index in [9.17, 15) is 4.39 Å². The van der Waals surface area contributed by atoms with Gasteiger partial charge in [-0.3, -0.25) is 0 Å². The second-order valence-corrected chi connectivity index (χ2v) is 5.72. The van der Waals surface area contributed by atoms with Gasteiger partial charge in [0.05, 0.1) is 5.56 Å². The van der Waals surface area contributed by atoms with E-state index < -0.39 is 5.82 Å². The Morgan fingerprint density at radius 1 is 1.19 bits per heavy atom. The first kappa shape index (κ1) is 15.4. The van der Waals surface area contributed by atoms with Gasteiger partial charge in [-0.15, -0.1) is 0 Å². The molecule has 4 heteroatoms. The third-order valence-corrected chi connectivity index (χ3v) is 3.59. The highest BCUT2D eigenvalue weighted by Crippen LogP contribution is 2.20. The number of benzene rings is 2. The first-order valence-electron chi connectivity index (χ1n) is 6.90. The highest BCUT2D eigenvalue weighted by molar-refractivity contribution is 7.80. The number of hydrogen-bond acceptors (Lipinski definition) is 2. The Morgan fingerprint density at radius 2 is 1.86 bits per heavy atom. The molecule has 21 heavy (non-hydrogen) atoms. The lowest BCUT2D eigenvalue weighted by molar-refractivity contribution is 0.626. The number of thiocarbonyl (C=S) groups is 1. The molecule has 0 atom stereocenters. The Morgan fingerprint density at radius 3 is 2.43 bits per heavy atom. The molecule has 0 heterocycles. The Bertz CT molecular complexity index is 636. The van der Waals surface area contributed by atoms with Crippen LogP contribution in [0.2, 0.25) is 0 Å². The topological polar surface area (TPSA) is 38.0 Å². The molecule has 3 N–H and O–H groups in total. The second-order valence-electron chi connectivity index (χ2n) is 5.28. The minimum Gasteiger partial charge on any atom is -0.389 e. The minimum atomic E-state index is -0.400. The zero-order chi connectivity index (χ0) is 15.4. The maximum Gasteiger partial charge on any atom is 0.135 e. The van der Waals surface area contributed by atoms with E-state index in [0.29, 0.717) is 18.2 Å². The summed E-state index contributed by atoms with van der Waals surface area (Å²) in [5.74, 6) is 0.110. The van der Waals surface area contributed by atoms with Gasteiger partial charge in [0.15, 0.2) is 0 Å². The predicted octanol–water partition coefficient (Wildman–Crippen LogP) is 4.20. The van der Waals surface area contributed by atoms with Gasteiger partial charge in [-0.25, -0.2) is 4.39 Å². The molecule has 0 bridgehead atoms. The number of rotatable bonds is 5. The van der Waals surface area contributed by atoms with E-state index in [1.807, 2.05) is 0 Å². The van der Waals surface area contributed by atoms with Crippen LogP contribution >= 0.6 is 12.2 Å². The second kappa shape index (κ2) is 6.68. The van der Waals surface area contributed by atoms with Gasteiger partial charge >= 0.3 is 0 Å². The molecule has 0 saturated carbocycles. The smallest absolute Gasteiger partial charge is 0.135 e. The van der Waals surface area contributed by atoms with Crippen molar-refractivity contribution in [1.82, 2.24) is 0 Å². The highest BCUT2D eigenvalue weighted by Gasteiger charge is 2.10. The first-order chi connectivity index (χ1) is 9.99. The van der Waals surface area contributed by atoms with Crippen LogP contribution < -0.4 is 11.1 Å². The van der Waals surface area contributed by atoms with Crippen molar-refractivity contribution in [3.8, 4) is 0 Å². The summed E-state index contributed by atoms with van der Waals surface area (Å²) in [5.41, 5.74) is 8.90. The van der Waals surface area contributed by atoms with Crippen molar-refractivity contribution in [1.29, 1.82) is 0 Å². The quantitative estimate of drug-likeness (QED) is 0.813. The van der Waals surface area contributed by atoms with Crippen LogP contribution in [0.15, 0.2) is 42.5 Å². The van der Waals surface area contributed by atoms with Crippen LogP contribution in [0.3, 0.4) is 0 Å². The summed E-state index contributed by atoms with van der Waals surface area (Å²) in [5, 5.41) is 3.19. The van der Waals surface area contributed by atoms with Crippen molar-refractivity contribution in [2.24, 2.45) is 5.73 Å². The average molecular weight is 302 g/mol. The van der Waals surface area contributed by atoms with E-state index in [4.69, 9.17) is 18.0 Å². The SMILES string of the molecule is CC(C)c1ccc(CNc2cccc(F)c2C(N)=S)cc1. The van der Waals surface area contributed by atoms with E-state index in [2.05, 4.69) is 43.4 Å². The summed E-state index contributed by atoms with van der Waals surface area (Å²) in [6.45, 7) is 4.92. The average Bonchev–Trinajstić information content (AvgIpc) is 2.45. The standard InChI is InChI=1S/C17H19FN2S/c1-11(2)13-8-6-12(7-9-13)10-20-15-5-3-4-14(18)16(15)17(19)21/h3-9,11,20H,10H2,1-2H3,(H2,19,21). The molecule has 0 aromatic heterocycles. The van der Waals surface area contributed by atoms with Crippen molar-refractivity contribution in [3.05, 3.63) is 65.0 Å². The monoisotopic (exact) mass is 302 g/mol. The van der Waals surface area contributed by atoms with E-state index in [0.717, 1.165) is 5.56 Å². The molecule has 2 aromatic rings. The largest absolute Gasteiger partial charge is 0.389 e. The third kappa shape index (κ3) is 3.79. The van der Waals surface area contributed by atoms with Gasteiger partial charge in [0, 0.05) is 12.2 Å². The maximum absolute atomic E-state index is 13.8. The maximum atomic E-state index is 13.8. The molecular formula is C17H19FN2S. The van der Waals surface area contributed by atoms with Crippen molar-refractivity contribution in [3.63, 3.8) is 0 Å². The molecule has 0 amide bonds. The molecule has 0 aliphatic rings. The number of nitrogens with one attached hydrogen (secondary N) is 1. The van der Waals surface area contributed by atoms with Crippen molar-refractivity contribution < 1.29 is 4.39 Å². The van der Waals surface area contributed by atoms with E-state index in [1.165, 1.54) is 11.6 Å². The molecular weight excluding hydrogens is 283 g/mol. The fourth-order valence-corrected chi connectivity index (χ4v) is 2.35. The molecule has 0 aliphatic heterocycles. The van der Waals surface area contributed by atoms with Crippen LogP contribution in [0.1, 0.15) is 36.5 Å². The number of anilines is 1. The van der Waals surface area contributed by atoms with Gasteiger partial charge in [-0.05, 0) is 29.2 Å². The number of nitrogens with two attached hydrogens (primary N) is 1. The van der Waals surface area contributed by atoms with Crippen LogP contribution in [0.5, 0.6) is 0 Å². The third-order valence-electron chi connectivity index (χ3n) is 3.39. The lowest BCUT2D eigenvalue weighted by Crippen LogP contribution is -2.15. The fourth-order valence-electron chi connectivity index (χ4n) is 2.14. The molecule has 2 aromatic carbocycles. The summed E-state index contributed by atoms with van der Waals surface area (Å²) < 4.78 is 13.8. The van der Waals surface area contributed by atoms with Crippen LogP contribution in [0.4, 0.5) is 10.1 Å².